The molecule has 0 aliphatic heterocycles. The summed E-state index contributed by atoms with van der Waals surface area (Å²) in [6.45, 7) is 0. The van der Waals surface area contributed by atoms with E-state index in [2.05, 4.69) is 33.8 Å². The molecule has 3 heteroatoms. The van der Waals surface area contributed by atoms with E-state index in [0.29, 0.717) is 12.5 Å². The molecule has 0 atom stereocenters. The summed E-state index contributed by atoms with van der Waals surface area (Å²) >= 11 is 0. The van der Waals surface area contributed by atoms with Gasteiger partial charge in [-0.25, -0.2) is 4.98 Å². The fourth-order valence-corrected chi connectivity index (χ4v) is 2.08. The minimum atomic E-state index is 0.578. The van der Waals surface area contributed by atoms with Crippen LogP contribution in [0.4, 0.5) is 0 Å². The van der Waals surface area contributed by atoms with Gasteiger partial charge in [0.1, 0.15) is 0 Å². The number of imidazole rings is 1. The smallest absolute Gasteiger partial charge is 0.0960 e. The van der Waals surface area contributed by atoms with Crippen LogP contribution in [-0.4, -0.2) is 9.55 Å². The van der Waals surface area contributed by atoms with Crippen molar-refractivity contribution in [2.24, 2.45) is 0 Å². The van der Waals surface area contributed by atoms with E-state index in [9.17, 15) is 0 Å². The summed E-state index contributed by atoms with van der Waals surface area (Å²) in [7, 11) is 0. The normalized spacial score (nSPS) is 15.2. The molecule has 0 bridgehead atoms. The molecule has 0 N–H and O–H groups in total. The lowest BCUT2D eigenvalue weighted by Gasteiger charge is -2.01. The van der Waals surface area contributed by atoms with Crippen molar-refractivity contribution in [1.82, 2.24) is 9.55 Å². The minimum absolute atomic E-state index is 0.578. The van der Waals surface area contributed by atoms with Crippen LogP contribution in [-0.2, 0) is 6.42 Å². The Hall–Kier alpha value is -1.82. The number of benzene rings is 1. The van der Waals surface area contributed by atoms with Crippen molar-refractivity contribution in [2.75, 3.05) is 0 Å². The number of nitrogens with zero attached hydrogens (tertiary/aromatic N) is 3. The molecule has 1 aromatic carbocycles. The fourth-order valence-electron chi connectivity index (χ4n) is 2.08. The van der Waals surface area contributed by atoms with Gasteiger partial charge < -0.3 is 4.57 Å². The topological polar surface area (TPSA) is 41.6 Å². The number of rotatable bonds is 3. The molecule has 1 aliphatic rings. The highest BCUT2D eigenvalue weighted by atomic mass is 15.1. The first-order valence-corrected chi connectivity index (χ1v) is 5.71. The van der Waals surface area contributed by atoms with Gasteiger partial charge in [0.15, 0.2) is 0 Å². The Morgan fingerprint density at radius 2 is 2.31 bits per heavy atom. The summed E-state index contributed by atoms with van der Waals surface area (Å²) < 4.78 is 2.27. The number of aromatic nitrogens is 2. The lowest BCUT2D eigenvalue weighted by Crippen LogP contribution is -1.90. The number of hydrogen-bond acceptors (Lipinski definition) is 2. The second kappa shape index (κ2) is 3.64. The van der Waals surface area contributed by atoms with Crippen molar-refractivity contribution in [3.63, 3.8) is 0 Å². The summed E-state index contributed by atoms with van der Waals surface area (Å²) in [6, 6.07) is 9.19. The zero-order chi connectivity index (χ0) is 11.0. The maximum Gasteiger partial charge on any atom is 0.0960 e. The predicted octanol–water partition coefficient (Wildman–Crippen LogP) is 2.83. The molecule has 1 heterocycles. The van der Waals surface area contributed by atoms with Crippen molar-refractivity contribution in [1.29, 1.82) is 5.26 Å². The second-order valence-corrected chi connectivity index (χ2v) is 4.36. The number of aryl methyl sites for hydroxylation is 1. The van der Waals surface area contributed by atoms with Crippen LogP contribution in [0.1, 0.15) is 30.9 Å². The van der Waals surface area contributed by atoms with Gasteiger partial charge in [-0.1, -0.05) is 6.07 Å². The van der Waals surface area contributed by atoms with E-state index < -0.39 is 0 Å². The third-order valence-corrected chi connectivity index (χ3v) is 3.10. The van der Waals surface area contributed by atoms with Gasteiger partial charge in [0.25, 0.3) is 0 Å². The van der Waals surface area contributed by atoms with Crippen molar-refractivity contribution in [3.05, 3.63) is 30.1 Å². The third kappa shape index (κ3) is 1.57. The summed E-state index contributed by atoms with van der Waals surface area (Å²) in [4.78, 5) is 4.43. The molecule has 0 amide bonds. The minimum Gasteiger partial charge on any atom is -0.327 e. The molecule has 80 valence electrons. The van der Waals surface area contributed by atoms with E-state index in [4.69, 9.17) is 5.26 Å². The largest absolute Gasteiger partial charge is 0.327 e. The Morgan fingerprint density at radius 3 is 3.06 bits per heavy atom. The molecule has 1 aliphatic carbocycles. The average Bonchev–Trinajstić information content (AvgIpc) is 3.07. The Labute approximate surface area is 94.3 Å². The number of fused-ring (bicyclic) bond motifs is 1. The van der Waals surface area contributed by atoms with Crippen LogP contribution in [0.25, 0.3) is 11.0 Å². The van der Waals surface area contributed by atoms with E-state index in [1.807, 2.05) is 6.33 Å². The first-order chi connectivity index (χ1) is 7.88. The van der Waals surface area contributed by atoms with Crippen LogP contribution in [0, 0.1) is 11.3 Å². The van der Waals surface area contributed by atoms with Crippen LogP contribution in [0.2, 0.25) is 0 Å². The first-order valence-electron chi connectivity index (χ1n) is 5.71. The Bertz CT molecular complexity index is 558. The van der Waals surface area contributed by atoms with E-state index in [-0.39, 0.29) is 0 Å². The van der Waals surface area contributed by atoms with Crippen LogP contribution < -0.4 is 0 Å². The van der Waals surface area contributed by atoms with Gasteiger partial charge in [-0.3, -0.25) is 0 Å². The monoisotopic (exact) mass is 211 g/mol. The summed E-state index contributed by atoms with van der Waals surface area (Å²) in [5.74, 6) is 0. The van der Waals surface area contributed by atoms with Gasteiger partial charge >= 0.3 is 0 Å². The Balaban J connectivity index is 1.97. The van der Waals surface area contributed by atoms with Gasteiger partial charge in [-0.2, -0.15) is 5.26 Å². The fraction of sp³-hybridized carbons (Fsp3) is 0.385. The van der Waals surface area contributed by atoms with E-state index in [1.165, 1.54) is 23.9 Å². The SMILES string of the molecule is N#CCCc1ccc2c(c1)ncn2C1CC1. The van der Waals surface area contributed by atoms with Gasteiger partial charge in [0.05, 0.1) is 23.4 Å². The summed E-state index contributed by atoms with van der Waals surface area (Å²) in [5.41, 5.74) is 3.49. The molecule has 0 spiro atoms. The number of nitriles is 1. The van der Waals surface area contributed by atoms with Gasteiger partial charge in [0.2, 0.25) is 0 Å². The maximum absolute atomic E-state index is 8.56. The molecule has 0 saturated heterocycles. The van der Waals surface area contributed by atoms with Crippen molar-refractivity contribution >= 4 is 11.0 Å². The van der Waals surface area contributed by atoms with Gasteiger partial charge in [0, 0.05) is 12.5 Å². The molecular formula is C13H13N3. The van der Waals surface area contributed by atoms with E-state index >= 15 is 0 Å². The molecule has 3 rings (SSSR count). The van der Waals surface area contributed by atoms with Gasteiger partial charge in [-0.05, 0) is 37.0 Å². The number of hydrogen-bond donors (Lipinski definition) is 0. The Morgan fingerprint density at radius 1 is 1.44 bits per heavy atom. The van der Waals surface area contributed by atoms with Crippen LogP contribution >= 0.6 is 0 Å². The van der Waals surface area contributed by atoms with Crippen LogP contribution in [0.3, 0.4) is 0 Å². The average molecular weight is 211 g/mol. The Kier molecular flexibility index (Phi) is 2.14. The van der Waals surface area contributed by atoms with E-state index in [1.54, 1.807) is 0 Å². The summed E-state index contributed by atoms with van der Waals surface area (Å²) in [6.07, 6.45) is 5.90. The van der Waals surface area contributed by atoms with Crippen molar-refractivity contribution in [2.45, 2.75) is 31.7 Å². The highest BCUT2D eigenvalue weighted by molar-refractivity contribution is 5.76. The van der Waals surface area contributed by atoms with Crippen molar-refractivity contribution < 1.29 is 0 Å². The van der Waals surface area contributed by atoms with Crippen LogP contribution in [0.5, 0.6) is 0 Å². The van der Waals surface area contributed by atoms with E-state index in [0.717, 1.165) is 11.9 Å². The molecule has 1 fully saturated rings. The molecule has 3 nitrogen and oxygen atoms in total. The first kappa shape index (κ1) is 9.41. The molecule has 1 aromatic heterocycles. The maximum atomic E-state index is 8.56. The zero-order valence-electron chi connectivity index (χ0n) is 9.06. The highest BCUT2D eigenvalue weighted by Crippen LogP contribution is 2.37. The molecule has 1 saturated carbocycles. The predicted molar refractivity (Wildman–Crippen MR) is 61.9 cm³/mol. The second-order valence-electron chi connectivity index (χ2n) is 4.36. The highest BCUT2D eigenvalue weighted by Gasteiger charge is 2.24. The summed E-state index contributed by atoms with van der Waals surface area (Å²) in [5, 5.41) is 8.56. The molecule has 2 aromatic rings. The lowest BCUT2D eigenvalue weighted by molar-refractivity contribution is 0.766. The molecule has 16 heavy (non-hydrogen) atoms. The van der Waals surface area contributed by atoms with Gasteiger partial charge in [-0.15, -0.1) is 0 Å². The zero-order valence-corrected chi connectivity index (χ0v) is 9.06. The van der Waals surface area contributed by atoms with Crippen LogP contribution in [0.15, 0.2) is 24.5 Å². The molecular weight excluding hydrogens is 198 g/mol. The molecule has 0 radical (unpaired) electrons. The quantitative estimate of drug-likeness (QED) is 0.783. The molecule has 0 unspecified atom stereocenters. The third-order valence-electron chi connectivity index (χ3n) is 3.10. The van der Waals surface area contributed by atoms with Crippen molar-refractivity contribution in [3.8, 4) is 6.07 Å². The standard InChI is InChI=1S/C13H13N3/c14-7-1-2-10-3-6-13-12(8-10)15-9-16(13)11-4-5-11/h3,6,8-9,11H,1-2,4-5H2. The lowest BCUT2D eigenvalue weighted by atomic mass is 10.1.